The molecule has 71 heavy (non-hydrogen) atoms. The molecule has 0 heterocycles. The van der Waals surface area contributed by atoms with Crippen LogP contribution < -0.4 is 5.32 Å². The molecule has 398 valence electrons. The molecule has 0 radical (unpaired) electrons. The van der Waals surface area contributed by atoms with Crippen molar-refractivity contribution in [2.24, 2.45) is 0 Å². The normalized spacial score (nSPS) is 12.0. The van der Waals surface area contributed by atoms with Crippen molar-refractivity contribution in [3.8, 4) is 11.1 Å². The third kappa shape index (κ3) is 28.5. The number of fused-ring (bicyclic) bond motifs is 3. The Morgan fingerprint density at radius 1 is 0.408 bits per heavy atom. The second kappa shape index (κ2) is 41.2. The molecule has 19 heteroatoms. The first-order valence-electron chi connectivity index (χ1n) is 24.6. The summed E-state index contributed by atoms with van der Waals surface area (Å²) in [5.74, 6) is 0.0312. The van der Waals surface area contributed by atoms with E-state index in [1.54, 1.807) is 7.05 Å². The Hall–Kier alpha value is -4.32. The molecule has 0 saturated carbocycles. The van der Waals surface area contributed by atoms with Gasteiger partial charge in [-0.25, -0.2) is 9.59 Å². The number of benzene rings is 3. The van der Waals surface area contributed by atoms with Crippen LogP contribution in [-0.2, 0) is 77.7 Å². The van der Waals surface area contributed by atoms with Gasteiger partial charge in [-0.2, -0.15) is 0 Å². The van der Waals surface area contributed by atoms with Gasteiger partial charge in [-0.05, 0) is 27.8 Å². The molecule has 3 aromatic carbocycles. The number of likely N-dealkylation sites (N-methyl/N-ethyl adjacent to an activating group) is 1. The van der Waals surface area contributed by atoms with E-state index in [9.17, 15) is 9.59 Å². The summed E-state index contributed by atoms with van der Waals surface area (Å²) in [7, 11) is 1.71. The van der Waals surface area contributed by atoms with Gasteiger partial charge in [0.05, 0.1) is 172 Å². The smallest absolute Gasteiger partial charge is 0.409 e. The van der Waals surface area contributed by atoms with Gasteiger partial charge in [-0.1, -0.05) is 78.9 Å². The maximum absolute atomic E-state index is 12.6. The van der Waals surface area contributed by atoms with Crippen molar-refractivity contribution in [2.75, 3.05) is 199 Å². The van der Waals surface area contributed by atoms with E-state index < -0.39 is 6.09 Å². The second-order valence-electron chi connectivity index (χ2n) is 15.7. The van der Waals surface area contributed by atoms with Crippen molar-refractivity contribution in [3.63, 3.8) is 0 Å². The predicted molar refractivity (Wildman–Crippen MR) is 263 cm³/mol. The molecule has 4 rings (SSSR count). The molecule has 1 N–H and O–H groups in total. The Balaban J connectivity index is 0.748. The number of nitrogens with zero attached hydrogens (tertiary/aromatic N) is 1. The molecule has 0 atom stereocenters. The number of carbonyl (C=O) groups is 2. The lowest BCUT2D eigenvalue weighted by molar-refractivity contribution is -0.0290. The maximum Gasteiger partial charge on any atom is 0.409 e. The van der Waals surface area contributed by atoms with Gasteiger partial charge in [0.1, 0.15) is 13.2 Å². The van der Waals surface area contributed by atoms with E-state index in [1.807, 2.05) is 54.6 Å². The molecule has 19 nitrogen and oxygen atoms in total. The number of nitrogens with one attached hydrogen (secondary N) is 1. The molecule has 0 aliphatic heterocycles. The molecule has 0 saturated heterocycles. The summed E-state index contributed by atoms with van der Waals surface area (Å²) in [5.41, 5.74) is 5.71. The number of hydrogen-bond acceptors (Lipinski definition) is 17. The first-order chi connectivity index (χ1) is 35.1. The van der Waals surface area contributed by atoms with Crippen LogP contribution in [0.5, 0.6) is 0 Å². The number of hydrogen-bond donors (Lipinski definition) is 1. The van der Waals surface area contributed by atoms with E-state index in [2.05, 4.69) is 29.6 Å². The van der Waals surface area contributed by atoms with Crippen molar-refractivity contribution in [1.82, 2.24) is 10.2 Å². The summed E-state index contributed by atoms with van der Waals surface area (Å²) in [5, 5.41) is 2.65. The number of rotatable bonds is 46. The Bertz CT molecular complexity index is 1720. The molecule has 3 aromatic rings. The quantitative estimate of drug-likeness (QED) is 0.0744. The standard InChI is InChI=1S/C52H78N2O17/c1-54(52(56)71-44-50-48-13-7-5-11-46(48)47-12-6-8-14-49(47)50)16-18-58-20-22-60-24-26-62-28-30-64-32-34-66-36-38-68-40-42-69-41-39-67-37-35-65-33-31-63-29-27-61-25-23-59-21-19-57-17-15-53-51(55)70-43-45-9-3-2-4-10-45/h2-14,50H,15-44H2,1H3,(H,53,55). The molecular formula is C52H78N2O17. The average molecular weight is 1000 g/mol. The lowest BCUT2D eigenvalue weighted by Gasteiger charge is -2.19. The molecule has 1 aliphatic rings. The first-order valence-corrected chi connectivity index (χ1v) is 24.6. The molecule has 1 aliphatic carbocycles. The van der Waals surface area contributed by atoms with Gasteiger partial charge in [-0.3, -0.25) is 0 Å². The van der Waals surface area contributed by atoms with E-state index >= 15 is 0 Å². The fourth-order valence-corrected chi connectivity index (χ4v) is 6.74. The van der Waals surface area contributed by atoms with Crippen molar-refractivity contribution in [3.05, 3.63) is 95.6 Å². The van der Waals surface area contributed by atoms with E-state index in [1.165, 1.54) is 27.2 Å². The van der Waals surface area contributed by atoms with Gasteiger partial charge < -0.3 is 81.3 Å². The summed E-state index contributed by atoms with van der Waals surface area (Å²) >= 11 is 0. The van der Waals surface area contributed by atoms with Crippen LogP contribution in [-0.4, -0.2) is 216 Å². The minimum Gasteiger partial charge on any atom is -0.448 e. The van der Waals surface area contributed by atoms with E-state index in [0.717, 1.165) is 5.56 Å². The Morgan fingerprint density at radius 3 is 1.11 bits per heavy atom. The fraction of sp³-hybridized carbons (Fsp3) is 0.615. The van der Waals surface area contributed by atoms with Crippen molar-refractivity contribution in [1.29, 1.82) is 0 Å². The highest BCUT2D eigenvalue weighted by Crippen LogP contribution is 2.44. The third-order valence-electron chi connectivity index (χ3n) is 10.4. The zero-order valence-corrected chi connectivity index (χ0v) is 41.7. The highest BCUT2D eigenvalue weighted by atomic mass is 16.6. The second-order valence-corrected chi connectivity index (χ2v) is 15.7. The van der Waals surface area contributed by atoms with Gasteiger partial charge >= 0.3 is 12.2 Å². The average Bonchev–Trinajstić information content (AvgIpc) is 3.72. The Morgan fingerprint density at radius 2 is 0.732 bits per heavy atom. The van der Waals surface area contributed by atoms with E-state index in [-0.39, 0.29) is 18.6 Å². The molecule has 2 amide bonds. The summed E-state index contributed by atoms with van der Waals surface area (Å²) in [6.45, 7) is 13.2. The first kappa shape index (κ1) is 59.2. The number of carbonyl (C=O) groups excluding carboxylic acids is 2. The van der Waals surface area contributed by atoms with Crippen LogP contribution in [0.4, 0.5) is 9.59 Å². The van der Waals surface area contributed by atoms with Gasteiger partial charge in [0.15, 0.2) is 0 Å². The van der Waals surface area contributed by atoms with Crippen LogP contribution in [0.2, 0.25) is 0 Å². The maximum atomic E-state index is 12.6. The number of ether oxygens (including phenoxy) is 15. The molecule has 0 fully saturated rings. The summed E-state index contributed by atoms with van der Waals surface area (Å²) in [6.07, 6.45) is -0.844. The largest absolute Gasteiger partial charge is 0.448 e. The lowest BCUT2D eigenvalue weighted by Crippen LogP contribution is -2.32. The SMILES string of the molecule is CN(CCOCCOCCOCCOCCOCCOCCOCCOCCOCCOCCOCCOCCOCCNC(=O)OCc1ccccc1)C(=O)OCC1c2ccccc2-c2ccccc21. The number of amides is 2. The van der Waals surface area contributed by atoms with E-state index in [4.69, 9.17) is 71.1 Å². The van der Waals surface area contributed by atoms with E-state index in [0.29, 0.717) is 191 Å². The van der Waals surface area contributed by atoms with Crippen LogP contribution in [0.1, 0.15) is 22.6 Å². The Labute approximate surface area is 419 Å². The molecule has 0 spiro atoms. The third-order valence-corrected chi connectivity index (χ3v) is 10.4. The van der Waals surface area contributed by atoms with Gasteiger partial charge in [0.25, 0.3) is 0 Å². The highest BCUT2D eigenvalue weighted by molar-refractivity contribution is 5.79. The van der Waals surface area contributed by atoms with Crippen LogP contribution in [0, 0.1) is 0 Å². The van der Waals surface area contributed by atoms with Crippen molar-refractivity contribution in [2.45, 2.75) is 12.5 Å². The number of alkyl carbamates (subject to hydrolysis) is 1. The molecule has 0 aromatic heterocycles. The minimum atomic E-state index is -0.475. The topological polar surface area (TPSA) is 188 Å². The monoisotopic (exact) mass is 1000 g/mol. The van der Waals surface area contributed by atoms with Gasteiger partial charge in [-0.15, -0.1) is 0 Å². The van der Waals surface area contributed by atoms with Gasteiger partial charge in [0.2, 0.25) is 0 Å². The fourth-order valence-electron chi connectivity index (χ4n) is 6.74. The summed E-state index contributed by atoms with van der Waals surface area (Å²) in [6, 6.07) is 26.1. The summed E-state index contributed by atoms with van der Waals surface area (Å²) < 4.78 is 82.6. The van der Waals surface area contributed by atoms with Crippen LogP contribution in [0.15, 0.2) is 78.9 Å². The highest BCUT2D eigenvalue weighted by Gasteiger charge is 2.29. The van der Waals surface area contributed by atoms with Crippen LogP contribution >= 0.6 is 0 Å². The molecular weight excluding hydrogens is 925 g/mol. The molecule has 0 unspecified atom stereocenters. The zero-order chi connectivity index (χ0) is 49.9. The predicted octanol–water partition coefficient (Wildman–Crippen LogP) is 5.01. The lowest BCUT2D eigenvalue weighted by atomic mass is 9.98. The van der Waals surface area contributed by atoms with Crippen molar-refractivity contribution >= 4 is 12.2 Å². The van der Waals surface area contributed by atoms with Crippen LogP contribution in [0.3, 0.4) is 0 Å². The van der Waals surface area contributed by atoms with Crippen LogP contribution in [0.25, 0.3) is 11.1 Å². The zero-order valence-electron chi connectivity index (χ0n) is 41.7. The minimum absolute atomic E-state index is 0.0312. The summed E-state index contributed by atoms with van der Waals surface area (Å²) in [4.78, 5) is 25.9. The van der Waals surface area contributed by atoms with Gasteiger partial charge in [0, 0.05) is 26.1 Å². The molecule has 0 bridgehead atoms. The van der Waals surface area contributed by atoms with Crippen molar-refractivity contribution < 1.29 is 80.6 Å². The Kier molecular flexibility index (Phi) is 34.4.